The van der Waals surface area contributed by atoms with Gasteiger partial charge in [0.25, 0.3) is 5.91 Å². The van der Waals surface area contributed by atoms with Gasteiger partial charge in [-0.15, -0.1) is 0 Å². The normalized spacial score (nSPS) is 19.0. The minimum atomic E-state index is -0.758. The Morgan fingerprint density at radius 2 is 1.70 bits per heavy atom. The van der Waals surface area contributed by atoms with Gasteiger partial charge in [0.2, 0.25) is 6.10 Å². The van der Waals surface area contributed by atoms with Crippen LogP contribution in [0.15, 0.2) is 48.5 Å². The van der Waals surface area contributed by atoms with E-state index in [-0.39, 0.29) is 11.7 Å². The number of anilines is 1. The van der Waals surface area contributed by atoms with Crippen LogP contribution in [-0.2, 0) is 4.79 Å². The van der Waals surface area contributed by atoms with Crippen molar-refractivity contribution in [2.75, 3.05) is 5.32 Å². The maximum absolute atomic E-state index is 12.5. The maximum Gasteiger partial charge on any atom is 0.269 e. The highest BCUT2D eigenvalue weighted by Crippen LogP contribution is 2.33. The number of para-hydroxylation sites is 2. The first-order chi connectivity index (χ1) is 11.0. The van der Waals surface area contributed by atoms with Crippen LogP contribution in [0.5, 0.6) is 11.5 Å². The molecule has 5 nitrogen and oxygen atoms in total. The van der Waals surface area contributed by atoms with Gasteiger partial charge in [-0.1, -0.05) is 24.3 Å². The van der Waals surface area contributed by atoms with Gasteiger partial charge in [-0.3, -0.25) is 9.59 Å². The van der Waals surface area contributed by atoms with Crippen molar-refractivity contribution in [1.29, 1.82) is 0 Å². The molecule has 0 aliphatic carbocycles. The zero-order valence-corrected chi connectivity index (χ0v) is 12.9. The number of carbonyl (C=O) groups is 2. The lowest BCUT2D eigenvalue weighted by atomic mass is 10.1. The molecule has 0 fully saturated rings. The second-order valence-electron chi connectivity index (χ2n) is 5.43. The van der Waals surface area contributed by atoms with Gasteiger partial charge < -0.3 is 14.8 Å². The Balaban J connectivity index is 1.76. The number of ketones is 1. The second kappa shape index (κ2) is 6.12. The molecule has 0 unspecified atom stereocenters. The van der Waals surface area contributed by atoms with E-state index in [4.69, 9.17) is 9.47 Å². The van der Waals surface area contributed by atoms with Gasteiger partial charge in [0.1, 0.15) is 6.10 Å². The van der Waals surface area contributed by atoms with E-state index in [0.717, 1.165) is 0 Å². The van der Waals surface area contributed by atoms with E-state index in [1.165, 1.54) is 6.92 Å². The van der Waals surface area contributed by atoms with E-state index in [1.54, 1.807) is 43.3 Å². The van der Waals surface area contributed by atoms with E-state index < -0.39 is 12.2 Å². The molecule has 5 heteroatoms. The Hall–Kier alpha value is -2.82. The molecular weight excluding hydrogens is 294 g/mol. The average molecular weight is 311 g/mol. The lowest BCUT2D eigenvalue weighted by molar-refractivity contribution is -0.128. The molecule has 2 atom stereocenters. The Kier molecular flexibility index (Phi) is 4.02. The molecule has 0 bridgehead atoms. The molecule has 0 spiro atoms. The van der Waals surface area contributed by atoms with E-state index in [0.29, 0.717) is 22.7 Å². The zero-order chi connectivity index (χ0) is 16.4. The number of fused-ring (bicyclic) bond motifs is 1. The summed E-state index contributed by atoms with van der Waals surface area (Å²) in [6.45, 7) is 3.27. The van der Waals surface area contributed by atoms with Crippen molar-refractivity contribution in [2.45, 2.75) is 26.1 Å². The number of amides is 1. The first kappa shape index (κ1) is 15.1. The molecule has 1 heterocycles. The average Bonchev–Trinajstić information content (AvgIpc) is 2.54. The van der Waals surface area contributed by atoms with Crippen LogP contribution in [0, 0.1) is 0 Å². The summed E-state index contributed by atoms with van der Waals surface area (Å²) >= 11 is 0. The van der Waals surface area contributed by atoms with Gasteiger partial charge in [-0.05, 0) is 38.1 Å². The highest BCUT2D eigenvalue weighted by atomic mass is 16.6. The molecule has 2 aromatic carbocycles. The first-order valence-electron chi connectivity index (χ1n) is 7.39. The van der Waals surface area contributed by atoms with Gasteiger partial charge in [0, 0.05) is 11.3 Å². The number of rotatable bonds is 3. The minimum absolute atomic E-state index is 0.0550. The molecule has 23 heavy (non-hydrogen) atoms. The smallest absolute Gasteiger partial charge is 0.269 e. The third-order valence-corrected chi connectivity index (χ3v) is 3.64. The van der Waals surface area contributed by atoms with E-state index in [9.17, 15) is 9.59 Å². The maximum atomic E-state index is 12.5. The summed E-state index contributed by atoms with van der Waals surface area (Å²) < 4.78 is 11.5. The molecule has 0 saturated carbocycles. The Morgan fingerprint density at radius 1 is 1.00 bits per heavy atom. The van der Waals surface area contributed by atoms with Crippen molar-refractivity contribution in [2.24, 2.45) is 0 Å². The predicted octanol–water partition coefficient (Wildman–Crippen LogP) is 3.06. The zero-order valence-electron chi connectivity index (χ0n) is 12.9. The fourth-order valence-corrected chi connectivity index (χ4v) is 2.44. The number of nitrogens with one attached hydrogen (secondary N) is 1. The summed E-state index contributed by atoms with van der Waals surface area (Å²) in [5.41, 5.74) is 1.10. The summed E-state index contributed by atoms with van der Waals surface area (Å²) in [6, 6.07) is 14.0. The van der Waals surface area contributed by atoms with Crippen molar-refractivity contribution >= 4 is 17.4 Å². The summed E-state index contributed by atoms with van der Waals surface area (Å²) in [6.07, 6.45) is -1.17. The number of ether oxygens (including phenoxy) is 2. The third-order valence-electron chi connectivity index (χ3n) is 3.64. The molecule has 0 saturated heterocycles. The highest BCUT2D eigenvalue weighted by molar-refractivity contribution is 5.98. The topological polar surface area (TPSA) is 64.6 Å². The van der Waals surface area contributed by atoms with Crippen LogP contribution >= 0.6 is 0 Å². The fraction of sp³-hybridized carbons (Fsp3) is 0.222. The molecule has 1 N–H and O–H groups in total. The number of Topliss-reactive ketones (excluding diaryl/α,β-unsaturated/α-hetero) is 1. The molecule has 1 amide bonds. The van der Waals surface area contributed by atoms with Crippen molar-refractivity contribution in [1.82, 2.24) is 0 Å². The lowest BCUT2D eigenvalue weighted by Crippen LogP contribution is -2.46. The van der Waals surface area contributed by atoms with E-state index >= 15 is 0 Å². The SMILES string of the molecule is CC(=O)c1cccc(NC(=O)[C@@H]2Oc3ccccc3O[C@@H]2C)c1. The Morgan fingerprint density at radius 3 is 2.39 bits per heavy atom. The van der Waals surface area contributed by atoms with Crippen LogP contribution in [-0.4, -0.2) is 23.9 Å². The van der Waals surface area contributed by atoms with Gasteiger partial charge >= 0.3 is 0 Å². The molecule has 2 aromatic rings. The summed E-state index contributed by atoms with van der Waals surface area (Å²) in [7, 11) is 0. The molecule has 0 aromatic heterocycles. The monoisotopic (exact) mass is 311 g/mol. The van der Waals surface area contributed by atoms with Gasteiger partial charge in [-0.25, -0.2) is 0 Å². The van der Waals surface area contributed by atoms with E-state index in [2.05, 4.69) is 5.32 Å². The predicted molar refractivity (Wildman–Crippen MR) is 86.0 cm³/mol. The number of carbonyl (C=O) groups excluding carboxylic acids is 2. The van der Waals surface area contributed by atoms with Gasteiger partial charge in [0.15, 0.2) is 17.3 Å². The minimum Gasteiger partial charge on any atom is -0.482 e. The van der Waals surface area contributed by atoms with E-state index in [1.807, 2.05) is 12.1 Å². The lowest BCUT2D eigenvalue weighted by Gasteiger charge is -2.31. The van der Waals surface area contributed by atoms with Crippen LogP contribution in [0.1, 0.15) is 24.2 Å². The summed E-state index contributed by atoms with van der Waals surface area (Å²) in [5, 5.41) is 2.77. The van der Waals surface area contributed by atoms with Crippen LogP contribution in [0.25, 0.3) is 0 Å². The number of benzene rings is 2. The van der Waals surface area contributed by atoms with Crippen LogP contribution < -0.4 is 14.8 Å². The Bertz CT molecular complexity index is 756. The molecule has 1 aliphatic rings. The van der Waals surface area contributed by atoms with Crippen molar-refractivity contribution in [3.8, 4) is 11.5 Å². The summed E-state index contributed by atoms with van der Waals surface area (Å²) in [4.78, 5) is 23.9. The Labute approximate surface area is 134 Å². The van der Waals surface area contributed by atoms with Crippen LogP contribution in [0.2, 0.25) is 0 Å². The standard InChI is InChI=1S/C18H17NO4/c1-11(20)13-6-5-7-14(10-13)19-18(21)17-12(2)22-15-8-3-4-9-16(15)23-17/h3-10,12,17H,1-2H3,(H,19,21)/t12-,17-/m1/s1. The largest absolute Gasteiger partial charge is 0.482 e. The molecule has 118 valence electrons. The quantitative estimate of drug-likeness (QED) is 0.885. The highest BCUT2D eigenvalue weighted by Gasteiger charge is 2.34. The van der Waals surface area contributed by atoms with Crippen molar-refractivity contribution in [3.63, 3.8) is 0 Å². The summed E-state index contributed by atoms with van der Waals surface area (Å²) in [5.74, 6) is 0.805. The van der Waals surface area contributed by atoms with Crippen molar-refractivity contribution in [3.05, 3.63) is 54.1 Å². The third kappa shape index (κ3) is 3.18. The molecule has 0 radical (unpaired) electrons. The molecule has 3 rings (SSSR count). The van der Waals surface area contributed by atoms with Crippen LogP contribution in [0.4, 0.5) is 5.69 Å². The van der Waals surface area contributed by atoms with Gasteiger partial charge in [-0.2, -0.15) is 0 Å². The van der Waals surface area contributed by atoms with Crippen molar-refractivity contribution < 1.29 is 19.1 Å². The number of hydrogen-bond acceptors (Lipinski definition) is 4. The second-order valence-corrected chi connectivity index (χ2v) is 5.43. The molecule has 1 aliphatic heterocycles. The van der Waals surface area contributed by atoms with Crippen LogP contribution in [0.3, 0.4) is 0 Å². The molecular formula is C18H17NO4. The first-order valence-corrected chi connectivity index (χ1v) is 7.39. The fourth-order valence-electron chi connectivity index (χ4n) is 2.44. The number of hydrogen-bond donors (Lipinski definition) is 1. The van der Waals surface area contributed by atoms with Gasteiger partial charge in [0.05, 0.1) is 0 Å².